The van der Waals surface area contributed by atoms with Crippen molar-refractivity contribution in [2.75, 3.05) is 24.6 Å². The zero-order valence-corrected chi connectivity index (χ0v) is 17.7. The van der Waals surface area contributed by atoms with E-state index in [1.807, 2.05) is 24.4 Å². The van der Waals surface area contributed by atoms with Crippen molar-refractivity contribution < 1.29 is 17.9 Å². The Morgan fingerprint density at radius 1 is 1.10 bits per heavy atom. The van der Waals surface area contributed by atoms with E-state index in [9.17, 15) is 13.2 Å². The van der Waals surface area contributed by atoms with Crippen LogP contribution in [0, 0.1) is 0 Å². The Hall–Kier alpha value is -2.45. The summed E-state index contributed by atoms with van der Waals surface area (Å²) in [5.41, 5.74) is 1.60. The molecule has 1 aromatic heterocycles. The lowest BCUT2D eigenvalue weighted by molar-refractivity contribution is 0.0938. The van der Waals surface area contributed by atoms with E-state index < -0.39 is 9.84 Å². The van der Waals surface area contributed by atoms with Crippen molar-refractivity contribution in [2.24, 2.45) is 0 Å². The van der Waals surface area contributed by atoms with Crippen LogP contribution < -0.4 is 10.1 Å². The molecule has 0 radical (unpaired) electrons. The first-order chi connectivity index (χ1) is 14.5. The van der Waals surface area contributed by atoms with Crippen LogP contribution in [-0.4, -0.2) is 60.9 Å². The van der Waals surface area contributed by atoms with Gasteiger partial charge in [0.15, 0.2) is 9.84 Å². The number of ether oxygens (including phenoxy) is 1. The SMILES string of the molecule is O=C(N[C@H]1CCS(=O)(=O)C1)c1ccc(OC2CCN(Cc3ccccn3)CC2)cc1. The molecule has 0 bridgehead atoms. The number of nitrogens with one attached hydrogen (secondary N) is 1. The lowest BCUT2D eigenvalue weighted by atomic mass is 10.1. The van der Waals surface area contributed by atoms with E-state index in [1.54, 1.807) is 24.3 Å². The van der Waals surface area contributed by atoms with E-state index in [4.69, 9.17) is 4.74 Å². The number of carbonyl (C=O) groups excluding carboxylic acids is 1. The average Bonchev–Trinajstić information content (AvgIpc) is 3.09. The van der Waals surface area contributed by atoms with Crippen LogP contribution in [-0.2, 0) is 16.4 Å². The van der Waals surface area contributed by atoms with Gasteiger partial charge in [-0.05, 0) is 55.7 Å². The van der Waals surface area contributed by atoms with Crippen molar-refractivity contribution in [1.29, 1.82) is 0 Å². The Labute approximate surface area is 177 Å². The molecule has 8 heteroatoms. The zero-order valence-electron chi connectivity index (χ0n) is 16.9. The van der Waals surface area contributed by atoms with Gasteiger partial charge in [0.1, 0.15) is 11.9 Å². The molecule has 2 aromatic rings. The average molecular weight is 430 g/mol. The molecule has 0 spiro atoms. The van der Waals surface area contributed by atoms with Gasteiger partial charge in [-0.1, -0.05) is 6.07 Å². The number of nitrogens with zero attached hydrogens (tertiary/aromatic N) is 2. The van der Waals surface area contributed by atoms with Crippen molar-refractivity contribution in [1.82, 2.24) is 15.2 Å². The second kappa shape index (κ2) is 9.14. The molecule has 3 heterocycles. The van der Waals surface area contributed by atoms with Crippen molar-refractivity contribution in [2.45, 2.75) is 38.0 Å². The van der Waals surface area contributed by atoms with Gasteiger partial charge in [-0.25, -0.2) is 8.42 Å². The fraction of sp³-hybridized carbons (Fsp3) is 0.455. The molecule has 1 aromatic carbocycles. The first-order valence-electron chi connectivity index (χ1n) is 10.4. The molecule has 0 saturated carbocycles. The Kier molecular flexibility index (Phi) is 6.34. The number of piperidine rings is 1. The van der Waals surface area contributed by atoms with Crippen LogP contribution in [0.1, 0.15) is 35.3 Å². The highest BCUT2D eigenvalue weighted by atomic mass is 32.2. The minimum atomic E-state index is -3.01. The second-order valence-electron chi connectivity index (χ2n) is 8.01. The number of amides is 1. The van der Waals surface area contributed by atoms with Gasteiger partial charge in [0, 0.05) is 37.4 Å². The van der Waals surface area contributed by atoms with Gasteiger partial charge < -0.3 is 10.1 Å². The number of pyridine rings is 1. The first kappa shape index (κ1) is 20.8. The van der Waals surface area contributed by atoms with Crippen LogP contribution in [0.25, 0.3) is 0 Å². The number of carbonyl (C=O) groups is 1. The van der Waals surface area contributed by atoms with Gasteiger partial charge in [-0.2, -0.15) is 0 Å². The van der Waals surface area contributed by atoms with Gasteiger partial charge in [0.25, 0.3) is 5.91 Å². The number of likely N-dealkylation sites (tertiary alicyclic amines) is 1. The Morgan fingerprint density at radius 3 is 2.50 bits per heavy atom. The predicted molar refractivity (Wildman–Crippen MR) is 114 cm³/mol. The molecule has 4 rings (SSSR count). The summed E-state index contributed by atoms with van der Waals surface area (Å²) in [6.45, 7) is 2.79. The monoisotopic (exact) mass is 429 g/mol. The number of hydrogen-bond donors (Lipinski definition) is 1. The molecule has 2 aliphatic heterocycles. The van der Waals surface area contributed by atoms with E-state index >= 15 is 0 Å². The van der Waals surface area contributed by atoms with Crippen LogP contribution in [0.5, 0.6) is 5.75 Å². The summed E-state index contributed by atoms with van der Waals surface area (Å²) in [4.78, 5) is 19.1. The number of benzene rings is 1. The molecule has 1 N–H and O–H groups in total. The molecular weight excluding hydrogens is 402 g/mol. The number of aromatic nitrogens is 1. The molecule has 30 heavy (non-hydrogen) atoms. The topological polar surface area (TPSA) is 88.6 Å². The smallest absolute Gasteiger partial charge is 0.251 e. The van der Waals surface area contributed by atoms with Gasteiger partial charge >= 0.3 is 0 Å². The minimum absolute atomic E-state index is 0.0268. The predicted octanol–water partition coefficient (Wildman–Crippen LogP) is 2.04. The van der Waals surface area contributed by atoms with Crippen molar-refractivity contribution in [3.63, 3.8) is 0 Å². The molecular formula is C22H27N3O4S. The standard InChI is InChI=1S/C22H27N3O4S/c26-22(24-19-10-14-30(27,28)16-19)17-4-6-20(7-5-17)29-21-8-12-25(13-9-21)15-18-3-1-2-11-23-18/h1-7,11,19,21H,8-10,12-16H2,(H,24,26)/t19-/m0/s1. The molecule has 1 amide bonds. The summed E-state index contributed by atoms with van der Waals surface area (Å²) in [7, 11) is -3.01. The van der Waals surface area contributed by atoms with E-state index in [2.05, 4.69) is 15.2 Å². The number of hydrogen-bond acceptors (Lipinski definition) is 6. The summed E-state index contributed by atoms with van der Waals surface area (Å²) in [6.07, 6.45) is 4.36. The molecule has 2 aliphatic rings. The first-order valence-corrected chi connectivity index (χ1v) is 12.2. The van der Waals surface area contributed by atoms with Gasteiger partial charge in [0.2, 0.25) is 0 Å². The number of rotatable bonds is 6. The summed E-state index contributed by atoms with van der Waals surface area (Å²) >= 11 is 0. The Bertz CT molecular complexity index is 956. The Balaban J connectivity index is 1.23. The minimum Gasteiger partial charge on any atom is -0.490 e. The number of sulfone groups is 1. The lowest BCUT2D eigenvalue weighted by Crippen LogP contribution is -2.38. The summed E-state index contributed by atoms with van der Waals surface area (Å²) < 4.78 is 29.2. The van der Waals surface area contributed by atoms with Crippen LogP contribution in [0.15, 0.2) is 48.7 Å². The molecule has 7 nitrogen and oxygen atoms in total. The van der Waals surface area contributed by atoms with E-state index in [-0.39, 0.29) is 29.6 Å². The third-order valence-electron chi connectivity index (χ3n) is 5.63. The fourth-order valence-corrected chi connectivity index (χ4v) is 5.63. The van der Waals surface area contributed by atoms with Crippen molar-refractivity contribution in [3.8, 4) is 5.75 Å². The third-order valence-corrected chi connectivity index (χ3v) is 7.40. The van der Waals surface area contributed by atoms with Crippen molar-refractivity contribution in [3.05, 3.63) is 59.9 Å². The molecule has 2 fully saturated rings. The van der Waals surface area contributed by atoms with Crippen LogP contribution in [0.2, 0.25) is 0 Å². The quantitative estimate of drug-likeness (QED) is 0.756. The summed E-state index contributed by atoms with van der Waals surface area (Å²) in [5, 5.41) is 2.81. The highest BCUT2D eigenvalue weighted by Gasteiger charge is 2.29. The highest BCUT2D eigenvalue weighted by Crippen LogP contribution is 2.21. The lowest BCUT2D eigenvalue weighted by Gasteiger charge is -2.31. The normalized spacial score (nSPS) is 21.9. The third kappa shape index (κ3) is 5.58. The molecule has 160 valence electrons. The molecule has 0 unspecified atom stereocenters. The molecule has 2 saturated heterocycles. The van der Waals surface area contributed by atoms with Gasteiger partial charge in [-0.15, -0.1) is 0 Å². The maximum absolute atomic E-state index is 12.3. The molecule has 0 aliphatic carbocycles. The maximum Gasteiger partial charge on any atom is 0.251 e. The van der Waals surface area contributed by atoms with Crippen molar-refractivity contribution >= 4 is 15.7 Å². The highest BCUT2D eigenvalue weighted by molar-refractivity contribution is 7.91. The van der Waals surface area contributed by atoms with Gasteiger partial charge in [-0.3, -0.25) is 14.7 Å². The van der Waals surface area contributed by atoms with E-state index in [0.29, 0.717) is 12.0 Å². The second-order valence-corrected chi connectivity index (χ2v) is 10.2. The maximum atomic E-state index is 12.3. The summed E-state index contributed by atoms with van der Waals surface area (Å²) in [6, 6.07) is 12.8. The van der Waals surface area contributed by atoms with Crippen LogP contribution >= 0.6 is 0 Å². The van der Waals surface area contributed by atoms with Crippen LogP contribution in [0.3, 0.4) is 0 Å². The summed E-state index contributed by atoms with van der Waals surface area (Å²) in [5.74, 6) is 0.675. The van der Waals surface area contributed by atoms with E-state index in [1.165, 1.54) is 0 Å². The van der Waals surface area contributed by atoms with Crippen LogP contribution in [0.4, 0.5) is 0 Å². The largest absolute Gasteiger partial charge is 0.490 e. The molecule has 1 atom stereocenters. The fourth-order valence-electron chi connectivity index (χ4n) is 3.96. The Morgan fingerprint density at radius 2 is 1.87 bits per heavy atom. The van der Waals surface area contributed by atoms with E-state index in [0.717, 1.165) is 43.9 Å². The van der Waals surface area contributed by atoms with Gasteiger partial charge in [0.05, 0.1) is 17.2 Å². The zero-order chi connectivity index (χ0) is 21.0.